The lowest BCUT2D eigenvalue weighted by Gasteiger charge is -2.32. The molecule has 0 N–H and O–H groups in total. The summed E-state index contributed by atoms with van der Waals surface area (Å²) in [6, 6.07) is 11.1. The Balaban J connectivity index is 1.40. The van der Waals surface area contributed by atoms with Gasteiger partial charge < -0.3 is 4.90 Å². The molecule has 1 aliphatic rings. The van der Waals surface area contributed by atoms with Gasteiger partial charge in [0.15, 0.2) is 0 Å². The fourth-order valence-electron chi connectivity index (χ4n) is 4.01. The lowest BCUT2D eigenvalue weighted by atomic mass is 9.91. The summed E-state index contributed by atoms with van der Waals surface area (Å²) < 4.78 is 40.5. The van der Waals surface area contributed by atoms with E-state index in [0.717, 1.165) is 31.0 Å². The summed E-state index contributed by atoms with van der Waals surface area (Å²) in [5, 5.41) is 0. The summed E-state index contributed by atoms with van der Waals surface area (Å²) in [7, 11) is 0. The number of fused-ring (bicyclic) bond motifs is 1. The van der Waals surface area contributed by atoms with Crippen molar-refractivity contribution in [3.63, 3.8) is 0 Å². The van der Waals surface area contributed by atoms with E-state index >= 15 is 0 Å². The van der Waals surface area contributed by atoms with Crippen molar-refractivity contribution in [2.75, 3.05) is 13.1 Å². The van der Waals surface area contributed by atoms with E-state index in [9.17, 15) is 18.0 Å². The first-order valence-electron chi connectivity index (χ1n) is 9.79. The van der Waals surface area contributed by atoms with Gasteiger partial charge in [-0.2, -0.15) is 13.2 Å². The molecule has 1 atom stereocenters. The Morgan fingerprint density at radius 3 is 2.86 bits per heavy atom. The van der Waals surface area contributed by atoms with Crippen LogP contribution in [0.1, 0.15) is 40.9 Å². The predicted molar refractivity (Wildman–Crippen MR) is 104 cm³/mol. The zero-order valence-electron chi connectivity index (χ0n) is 15.9. The highest BCUT2D eigenvalue weighted by Crippen LogP contribution is 2.30. The summed E-state index contributed by atoms with van der Waals surface area (Å²) in [6.45, 7) is 1.32. The average molecular weight is 401 g/mol. The Morgan fingerprint density at radius 2 is 2.03 bits per heavy atom. The predicted octanol–water partition coefficient (Wildman–Crippen LogP) is 4.84. The first kappa shape index (κ1) is 19.5. The molecule has 1 aromatic carbocycles. The van der Waals surface area contributed by atoms with Crippen LogP contribution < -0.4 is 0 Å². The van der Waals surface area contributed by atoms with Gasteiger partial charge in [-0.05, 0) is 55.4 Å². The van der Waals surface area contributed by atoms with Gasteiger partial charge in [0.2, 0.25) is 0 Å². The summed E-state index contributed by atoms with van der Waals surface area (Å²) in [4.78, 5) is 19.1. The number of aryl methyl sites for hydroxylation is 1. The number of amides is 1. The van der Waals surface area contributed by atoms with E-state index in [1.165, 1.54) is 12.1 Å². The standard InChI is InChI=1S/C22H22F3N3O/c23-22(24,25)18-7-3-5-16(13-18)9-10-17-6-4-11-27(15-17)21(29)19-14-26-20-8-1-2-12-28(19)20/h1-3,5,7-8,12-14,17H,4,6,9-11,15H2. The smallest absolute Gasteiger partial charge is 0.337 e. The maximum atomic E-state index is 13.0. The number of benzene rings is 1. The van der Waals surface area contributed by atoms with Crippen LogP contribution in [0.2, 0.25) is 0 Å². The van der Waals surface area contributed by atoms with Gasteiger partial charge in [0, 0.05) is 19.3 Å². The number of carbonyl (C=O) groups is 1. The van der Waals surface area contributed by atoms with Crippen LogP contribution >= 0.6 is 0 Å². The second-order valence-electron chi connectivity index (χ2n) is 7.57. The Bertz CT molecular complexity index is 1010. The normalized spacial score (nSPS) is 17.6. The van der Waals surface area contributed by atoms with Crippen LogP contribution in [0.15, 0.2) is 54.9 Å². The number of aromatic nitrogens is 2. The Labute approximate surface area is 167 Å². The molecule has 7 heteroatoms. The molecule has 29 heavy (non-hydrogen) atoms. The number of piperidine rings is 1. The Morgan fingerprint density at radius 1 is 1.17 bits per heavy atom. The van der Waals surface area contributed by atoms with Crippen molar-refractivity contribution >= 4 is 11.6 Å². The number of likely N-dealkylation sites (tertiary alicyclic amines) is 1. The fraction of sp³-hybridized carbons (Fsp3) is 0.364. The van der Waals surface area contributed by atoms with Gasteiger partial charge in [0.25, 0.3) is 5.91 Å². The monoisotopic (exact) mass is 401 g/mol. The van der Waals surface area contributed by atoms with Gasteiger partial charge in [-0.15, -0.1) is 0 Å². The average Bonchev–Trinajstić information content (AvgIpc) is 3.16. The quantitative estimate of drug-likeness (QED) is 0.628. The van der Waals surface area contributed by atoms with E-state index in [0.29, 0.717) is 30.8 Å². The van der Waals surface area contributed by atoms with Gasteiger partial charge in [-0.25, -0.2) is 4.98 Å². The molecule has 0 bridgehead atoms. The van der Waals surface area contributed by atoms with E-state index in [1.54, 1.807) is 16.7 Å². The number of carbonyl (C=O) groups excluding carboxylic acids is 1. The van der Waals surface area contributed by atoms with Crippen LogP contribution in [0.3, 0.4) is 0 Å². The van der Waals surface area contributed by atoms with Crippen molar-refractivity contribution < 1.29 is 18.0 Å². The second-order valence-corrected chi connectivity index (χ2v) is 7.57. The number of rotatable bonds is 4. The number of pyridine rings is 1. The summed E-state index contributed by atoms with van der Waals surface area (Å²) in [6.07, 6.45) is 2.32. The number of hydrogen-bond acceptors (Lipinski definition) is 2. The highest BCUT2D eigenvalue weighted by atomic mass is 19.4. The molecule has 2 aromatic heterocycles. The molecule has 1 saturated heterocycles. The zero-order chi connectivity index (χ0) is 20.4. The van der Waals surface area contributed by atoms with Gasteiger partial charge in [-0.3, -0.25) is 9.20 Å². The van der Waals surface area contributed by atoms with Crippen LogP contribution in [0, 0.1) is 5.92 Å². The Hall–Kier alpha value is -2.83. The van der Waals surface area contributed by atoms with E-state index < -0.39 is 11.7 Å². The molecule has 3 heterocycles. The topological polar surface area (TPSA) is 37.6 Å². The molecule has 152 valence electrons. The van der Waals surface area contributed by atoms with E-state index in [4.69, 9.17) is 0 Å². The highest BCUT2D eigenvalue weighted by molar-refractivity contribution is 5.93. The minimum atomic E-state index is -4.32. The van der Waals surface area contributed by atoms with Gasteiger partial charge in [0.05, 0.1) is 11.8 Å². The lowest BCUT2D eigenvalue weighted by Crippen LogP contribution is -2.40. The SMILES string of the molecule is O=C(c1cnc2ccccn12)N1CCCC(CCc2cccc(C(F)(F)F)c2)C1. The van der Waals surface area contributed by atoms with E-state index in [2.05, 4.69) is 4.98 Å². The first-order chi connectivity index (χ1) is 13.9. The van der Waals surface area contributed by atoms with E-state index in [1.807, 2.05) is 29.3 Å². The lowest BCUT2D eigenvalue weighted by molar-refractivity contribution is -0.137. The number of halogens is 3. The minimum Gasteiger partial charge on any atom is -0.337 e. The molecule has 1 amide bonds. The molecule has 1 fully saturated rings. The fourth-order valence-corrected chi connectivity index (χ4v) is 4.01. The second kappa shape index (κ2) is 7.89. The van der Waals surface area contributed by atoms with Crippen LogP contribution in [0.25, 0.3) is 5.65 Å². The van der Waals surface area contributed by atoms with Crippen molar-refractivity contribution in [2.24, 2.45) is 5.92 Å². The molecule has 0 aliphatic carbocycles. The molecule has 3 aromatic rings. The van der Waals surface area contributed by atoms with Crippen molar-refractivity contribution in [3.8, 4) is 0 Å². The number of hydrogen-bond donors (Lipinski definition) is 0. The molecule has 0 radical (unpaired) electrons. The molecule has 4 rings (SSSR count). The molecular formula is C22H22F3N3O. The maximum Gasteiger partial charge on any atom is 0.416 e. The van der Waals surface area contributed by atoms with Crippen LogP contribution in [-0.4, -0.2) is 33.3 Å². The van der Waals surface area contributed by atoms with Gasteiger partial charge >= 0.3 is 6.18 Å². The number of alkyl halides is 3. The van der Waals surface area contributed by atoms with Gasteiger partial charge in [0.1, 0.15) is 11.3 Å². The first-order valence-corrected chi connectivity index (χ1v) is 9.79. The third kappa shape index (κ3) is 4.28. The third-order valence-corrected chi connectivity index (χ3v) is 5.54. The largest absolute Gasteiger partial charge is 0.416 e. The summed E-state index contributed by atoms with van der Waals surface area (Å²) in [5.41, 5.74) is 1.35. The molecule has 1 aliphatic heterocycles. The Kier molecular flexibility index (Phi) is 5.30. The third-order valence-electron chi connectivity index (χ3n) is 5.54. The highest BCUT2D eigenvalue weighted by Gasteiger charge is 2.30. The van der Waals surface area contributed by atoms with Crippen molar-refractivity contribution in [2.45, 2.75) is 31.9 Å². The summed E-state index contributed by atoms with van der Waals surface area (Å²) in [5.74, 6) is 0.230. The van der Waals surface area contributed by atoms with Crippen LogP contribution in [0.4, 0.5) is 13.2 Å². The maximum absolute atomic E-state index is 13.0. The molecule has 0 saturated carbocycles. The van der Waals surface area contributed by atoms with Crippen molar-refractivity contribution in [3.05, 3.63) is 71.7 Å². The molecule has 1 unspecified atom stereocenters. The van der Waals surface area contributed by atoms with Crippen molar-refractivity contribution in [1.82, 2.24) is 14.3 Å². The van der Waals surface area contributed by atoms with Crippen LogP contribution in [-0.2, 0) is 12.6 Å². The molecule has 4 nitrogen and oxygen atoms in total. The number of imidazole rings is 1. The molecule has 0 spiro atoms. The zero-order valence-corrected chi connectivity index (χ0v) is 15.9. The number of nitrogens with zero attached hydrogens (tertiary/aromatic N) is 3. The van der Waals surface area contributed by atoms with Crippen molar-refractivity contribution in [1.29, 1.82) is 0 Å². The van der Waals surface area contributed by atoms with Crippen LogP contribution in [0.5, 0.6) is 0 Å². The van der Waals surface area contributed by atoms with E-state index in [-0.39, 0.29) is 11.8 Å². The van der Waals surface area contributed by atoms with Gasteiger partial charge in [-0.1, -0.05) is 24.3 Å². The summed E-state index contributed by atoms with van der Waals surface area (Å²) >= 11 is 0. The minimum absolute atomic E-state index is 0.0486. The molecular weight excluding hydrogens is 379 g/mol.